The van der Waals surface area contributed by atoms with Crippen molar-refractivity contribution in [2.24, 2.45) is 0 Å². The van der Waals surface area contributed by atoms with E-state index in [1.807, 2.05) is 28.8 Å². The Balaban J connectivity index is 1.79. The first-order valence-electron chi connectivity index (χ1n) is 9.40. The third-order valence-corrected chi connectivity index (χ3v) is 5.47. The van der Waals surface area contributed by atoms with Crippen molar-refractivity contribution in [1.29, 1.82) is 0 Å². The van der Waals surface area contributed by atoms with Gasteiger partial charge in [0, 0.05) is 24.2 Å². The zero-order chi connectivity index (χ0) is 18.4. The quantitative estimate of drug-likeness (QED) is 0.577. The predicted octanol–water partition coefficient (Wildman–Crippen LogP) is 3.09. The normalized spacial score (nSPS) is 20.3. The van der Waals surface area contributed by atoms with E-state index in [2.05, 4.69) is 34.3 Å². The second-order valence-electron chi connectivity index (χ2n) is 7.32. The molecule has 0 unspecified atom stereocenters. The molecule has 2 N–H and O–H groups in total. The van der Waals surface area contributed by atoms with Crippen molar-refractivity contribution < 1.29 is 0 Å². The molecule has 0 saturated carbocycles. The van der Waals surface area contributed by atoms with Crippen LogP contribution in [0.1, 0.15) is 31.4 Å². The van der Waals surface area contributed by atoms with Crippen molar-refractivity contribution in [3.63, 3.8) is 0 Å². The number of benzene rings is 1. The lowest BCUT2D eigenvalue weighted by molar-refractivity contribution is 0.372. The lowest BCUT2D eigenvalue weighted by Crippen LogP contribution is -2.35. The molecule has 1 aliphatic heterocycles. The summed E-state index contributed by atoms with van der Waals surface area (Å²) in [6, 6.07) is 14.3. The number of hydrogen-bond donors (Lipinski definition) is 2. The van der Waals surface area contributed by atoms with E-state index < -0.39 is 0 Å². The molecule has 3 aromatic heterocycles. The molecule has 1 saturated heterocycles. The number of nitrogens with one attached hydrogen (secondary N) is 2. The molecule has 6 heteroatoms. The summed E-state index contributed by atoms with van der Waals surface area (Å²) in [6.07, 6.45) is 3.77. The first-order valence-corrected chi connectivity index (χ1v) is 9.40. The lowest BCUT2D eigenvalue weighted by atomic mass is 9.90. The van der Waals surface area contributed by atoms with E-state index in [0.29, 0.717) is 17.6 Å². The van der Waals surface area contributed by atoms with Gasteiger partial charge >= 0.3 is 0 Å². The summed E-state index contributed by atoms with van der Waals surface area (Å²) in [4.78, 5) is 20.0. The highest BCUT2D eigenvalue weighted by Crippen LogP contribution is 2.32. The molecule has 0 spiro atoms. The number of hydrogen-bond acceptors (Lipinski definition) is 4. The Morgan fingerprint density at radius 1 is 1.19 bits per heavy atom. The van der Waals surface area contributed by atoms with Crippen LogP contribution < -0.4 is 10.9 Å². The number of aromatic amines is 1. The molecule has 1 aromatic carbocycles. The van der Waals surface area contributed by atoms with Gasteiger partial charge in [-0.1, -0.05) is 30.3 Å². The van der Waals surface area contributed by atoms with Gasteiger partial charge in [0.15, 0.2) is 5.65 Å². The number of H-pyrrole nitrogens is 1. The van der Waals surface area contributed by atoms with Gasteiger partial charge in [-0.2, -0.15) is 0 Å². The van der Waals surface area contributed by atoms with Gasteiger partial charge in [0.05, 0.1) is 11.1 Å². The zero-order valence-corrected chi connectivity index (χ0v) is 15.1. The van der Waals surface area contributed by atoms with Crippen LogP contribution in [0.3, 0.4) is 0 Å². The maximum absolute atomic E-state index is 12.5. The van der Waals surface area contributed by atoms with Gasteiger partial charge in [0.2, 0.25) is 0 Å². The zero-order valence-electron chi connectivity index (χ0n) is 15.1. The van der Waals surface area contributed by atoms with Crippen LogP contribution in [0.4, 0.5) is 0 Å². The van der Waals surface area contributed by atoms with E-state index in [1.165, 1.54) is 0 Å². The number of nitrogens with zero attached hydrogens (tertiary/aromatic N) is 3. The van der Waals surface area contributed by atoms with E-state index >= 15 is 0 Å². The van der Waals surface area contributed by atoms with E-state index in [9.17, 15) is 4.79 Å². The van der Waals surface area contributed by atoms with Gasteiger partial charge < -0.3 is 10.3 Å². The monoisotopic (exact) mass is 359 g/mol. The molecular formula is C21H21N5O. The third-order valence-electron chi connectivity index (χ3n) is 5.47. The fourth-order valence-corrected chi connectivity index (χ4v) is 4.21. The second-order valence-corrected chi connectivity index (χ2v) is 7.32. The molecular weight excluding hydrogens is 338 g/mol. The number of rotatable bonds is 2. The van der Waals surface area contributed by atoms with Crippen molar-refractivity contribution in [2.75, 3.05) is 6.54 Å². The Kier molecular flexibility index (Phi) is 3.79. The van der Waals surface area contributed by atoms with Crippen LogP contribution in [-0.4, -0.2) is 32.2 Å². The molecule has 4 heterocycles. The van der Waals surface area contributed by atoms with Gasteiger partial charge in [0.1, 0.15) is 5.65 Å². The molecule has 2 atom stereocenters. The van der Waals surface area contributed by atoms with Crippen LogP contribution in [0.15, 0.2) is 53.5 Å². The Bertz CT molecular complexity index is 1180. The van der Waals surface area contributed by atoms with Crippen LogP contribution in [0.2, 0.25) is 0 Å². The third kappa shape index (κ3) is 2.73. The number of fused-ring (bicyclic) bond motifs is 3. The molecule has 0 radical (unpaired) electrons. The highest BCUT2D eigenvalue weighted by molar-refractivity contribution is 6.02. The molecule has 0 bridgehead atoms. The smallest absolute Gasteiger partial charge is 0.251 e. The van der Waals surface area contributed by atoms with E-state index in [4.69, 9.17) is 5.10 Å². The minimum atomic E-state index is -0.0895. The van der Waals surface area contributed by atoms with Crippen LogP contribution in [-0.2, 0) is 0 Å². The highest BCUT2D eigenvalue weighted by Gasteiger charge is 2.24. The molecule has 6 nitrogen and oxygen atoms in total. The maximum atomic E-state index is 12.5. The topological polar surface area (TPSA) is 75.1 Å². The Morgan fingerprint density at radius 2 is 2.04 bits per heavy atom. The van der Waals surface area contributed by atoms with E-state index in [0.717, 1.165) is 47.2 Å². The molecule has 0 aliphatic carbocycles. The SMILES string of the molecule is C[C@H]1C[C@H](c2cc(=O)[nH]c3c4c(-c5ccccc5)ccnc4nn23)CCN1. The summed E-state index contributed by atoms with van der Waals surface area (Å²) in [5.41, 5.74) is 4.38. The molecule has 136 valence electrons. The van der Waals surface area contributed by atoms with Gasteiger partial charge in [-0.25, -0.2) is 9.50 Å². The minimum Gasteiger partial charge on any atom is -0.314 e. The van der Waals surface area contributed by atoms with Crippen molar-refractivity contribution in [2.45, 2.75) is 31.7 Å². The minimum absolute atomic E-state index is 0.0895. The fourth-order valence-electron chi connectivity index (χ4n) is 4.21. The van der Waals surface area contributed by atoms with Crippen LogP contribution in [0, 0.1) is 0 Å². The van der Waals surface area contributed by atoms with Crippen LogP contribution in [0.25, 0.3) is 27.8 Å². The summed E-state index contributed by atoms with van der Waals surface area (Å²) >= 11 is 0. The summed E-state index contributed by atoms with van der Waals surface area (Å²) in [5.74, 6) is 0.306. The van der Waals surface area contributed by atoms with Gasteiger partial charge in [-0.3, -0.25) is 4.79 Å². The summed E-state index contributed by atoms with van der Waals surface area (Å²) in [5, 5.41) is 9.12. The van der Waals surface area contributed by atoms with Crippen LogP contribution in [0.5, 0.6) is 0 Å². The number of piperidine rings is 1. The van der Waals surface area contributed by atoms with Crippen molar-refractivity contribution in [1.82, 2.24) is 24.9 Å². The summed E-state index contributed by atoms with van der Waals surface area (Å²) in [7, 11) is 0. The molecule has 5 rings (SSSR count). The summed E-state index contributed by atoms with van der Waals surface area (Å²) < 4.78 is 1.90. The Morgan fingerprint density at radius 3 is 2.85 bits per heavy atom. The average Bonchev–Trinajstić information content (AvgIpc) is 3.06. The largest absolute Gasteiger partial charge is 0.314 e. The molecule has 1 fully saturated rings. The van der Waals surface area contributed by atoms with Gasteiger partial charge in [0.25, 0.3) is 5.56 Å². The van der Waals surface area contributed by atoms with Crippen molar-refractivity contribution in [3.8, 4) is 11.1 Å². The molecule has 1 aliphatic rings. The second kappa shape index (κ2) is 6.32. The maximum Gasteiger partial charge on any atom is 0.251 e. The fraction of sp³-hybridized carbons (Fsp3) is 0.286. The first-order chi connectivity index (χ1) is 13.2. The lowest BCUT2D eigenvalue weighted by Gasteiger charge is -2.28. The Labute approximate surface area is 156 Å². The predicted molar refractivity (Wildman–Crippen MR) is 106 cm³/mol. The molecule has 4 aromatic rings. The van der Waals surface area contributed by atoms with Crippen molar-refractivity contribution in [3.05, 3.63) is 64.7 Å². The number of pyridine rings is 1. The van der Waals surface area contributed by atoms with E-state index in [1.54, 1.807) is 12.3 Å². The first kappa shape index (κ1) is 16.2. The van der Waals surface area contributed by atoms with Crippen LogP contribution >= 0.6 is 0 Å². The summed E-state index contributed by atoms with van der Waals surface area (Å²) in [6.45, 7) is 3.14. The van der Waals surface area contributed by atoms with Gasteiger partial charge in [-0.15, -0.1) is 5.10 Å². The average molecular weight is 359 g/mol. The number of aromatic nitrogens is 4. The molecule has 27 heavy (non-hydrogen) atoms. The van der Waals surface area contributed by atoms with E-state index in [-0.39, 0.29) is 5.56 Å². The van der Waals surface area contributed by atoms with Gasteiger partial charge in [-0.05, 0) is 43.5 Å². The molecule has 0 amide bonds. The Hall–Kier alpha value is -2.99. The standard InChI is InChI=1S/C21H21N5O/c1-13-11-15(7-9-22-13)17-12-18(27)24-21-19-16(14-5-3-2-4-6-14)8-10-23-20(19)25-26(17)21/h2-6,8,10,12-13,15,22H,7,9,11H2,1H3,(H,24,27)/t13-,15+/m0/s1. The van der Waals surface area contributed by atoms with Crippen molar-refractivity contribution >= 4 is 16.7 Å². The highest BCUT2D eigenvalue weighted by atomic mass is 16.1.